The maximum absolute atomic E-state index is 12.4. The number of halogens is 3. The molecule has 134 valence electrons. The molecule has 0 aliphatic carbocycles. The molecule has 2 aromatic carbocycles. The number of hydrogen-bond donors (Lipinski definition) is 2. The largest absolute Gasteiger partial charge is 0.398 e. The Morgan fingerprint density at radius 3 is 2.40 bits per heavy atom. The third-order valence-electron chi connectivity index (χ3n) is 3.30. The van der Waals surface area contributed by atoms with Gasteiger partial charge < -0.3 is 10.6 Å². The standard InChI is InChI=1S/C18H19F3N2OS/c19-18(20,21)13-25-16-9-5-4-8-15(16)23-12-17(24)22-11-10-14-6-2-1-3-7-14/h1-9,23H,10-13H2,(H,22,24). The number of rotatable bonds is 8. The first kappa shape index (κ1) is 19.2. The summed E-state index contributed by atoms with van der Waals surface area (Å²) in [4.78, 5) is 12.3. The van der Waals surface area contributed by atoms with E-state index in [2.05, 4.69) is 10.6 Å². The van der Waals surface area contributed by atoms with Gasteiger partial charge in [-0.1, -0.05) is 42.5 Å². The monoisotopic (exact) mass is 368 g/mol. The quantitative estimate of drug-likeness (QED) is 0.689. The van der Waals surface area contributed by atoms with E-state index in [1.807, 2.05) is 30.3 Å². The summed E-state index contributed by atoms with van der Waals surface area (Å²) in [7, 11) is 0. The van der Waals surface area contributed by atoms with Crippen molar-refractivity contribution in [3.8, 4) is 0 Å². The van der Waals surface area contributed by atoms with Gasteiger partial charge in [-0.25, -0.2) is 0 Å². The highest BCUT2D eigenvalue weighted by molar-refractivity contribution is 7.99. The molecule has 0 atom stereocenters. The fourth-order valence-corrected chi connectivity index (χ4v) is 2.92. The van der Waals surface area contributed by atoms with E-state index < -0.39 is 11.9 Å². The number of benzene rings is 2. The van der Waals surface area contributed by atoms with Gasteiger partial charge in [0.1, 0.15) is 0 Å². The molecule has 0 saturated carbocycles. The van der Waals surface area contributed by atoms with Gasteiger partial charge in [0, 0.05) is 17.1 Å². The normalized spacial score (nSPS) is 11.2. The summed E-state index contributed by atoms with van der Waals surface area (Å²) in [6.07, 6.45) is -3.50. The van der Waals surface area contributed by atoms with Gasteiger partial charge in [0.05, 0.1) is 12.3 Å². The molecule has 3 nitrogen and oxygen atoms in total. The average molecular weight is 368 g/mol. The molecule has 1 amide bonds. The van der Waals surface area contributed by atoms with Crippen molar-refractivity contribution < 1.29 is 18.0 Å². The van der Waals surface area contributed by atoms with Gasteiger partial charge in [-0.05, 0) is 24.1 Å². The molecule has 0 spiro atoms. The van der Waals surface area contributed by atoms with E-state index in [1.54, 1.807) is 24.3 Å². The maximum Gasteiger partial charge on any atom is 0.398 e. The van der Waals surface area contributed by atoms with Gasteiger partial charge in [-0.2, -0.15) is 13.2 Å². The summed E-state index contributed by atoms with van der Waals surface area (Å²) < 4.78 is 37.1. The Labute approximate surface area is 149 Å². The highest BCUT2D eigenvalue weighted by atomic mass is 32.2. The fraction of sp³-hybridized carbons (Fsp3) is 0.278. The van der Waals surface area contributed by atoms with Crippen molar-refractivity contribution in [2.75, 3.05) is 24.2 Å². The summed E-state index contributed by atoms with van der Waals surface area (Å²) in [6, 6.07) is 16.4. The molecule has 0 aliphatic rings. The van der Waals surface area contributed by atoms with Crippen LogP contribution >= 0.6 is 11.8 Å². The number of carbonyl (C=O) groups excluding carboxylic acids is 1. The van der Waals surface area contributed by atoms with Gasteiger partial charge in [0.2, 0.25) is 5.91 Å². The average Bonchev–Trinajstić information content (AvgIpc) is 2.59. The summed E-state index contributed by atoms with van der Waals surface area (Å²) in [5.41, 5.74) is 1.65. The molecule has 0 radical (unpaired) electrons. The van der Waals surface area contributed by atoms with Crippen LogP contribution in [0.25, 0.3) is 0 Å². The number of para-hydroxylation sites is 1. The first-order valence-electron chi connectivity index (χ1n) is 7.77. The second-order valence-electron chi connectivity index (χ2n) is 5.34. The second-order valence-corrected chi connectivity index (χ2v) is 6.36. The Bertz CT molecular complexity index is 678. The molecule has 0 aromatic heterocycles. The Morgan fingerprint density at radius 1 is 1.00 bits per heavy atom. The summed E-state index contributed by atoms with van der Waals surface area (Å²) in [5, 5.41) is 5.69. The molecule has 0 aliphatic heterocycles. The van der Waals surface area contributed by atoms with Crippen molar-refractivity contribution >= 4 is 23.4 Å². The summed E-state index contributed by atoms with van der Waals surface area (Å²) in [5.74, 6) is -1.17. The third-order valence-corrected chi connectivity index (χ3v) is 4.44. The van der Waals surface area contributed by atoms with Crippen LogP contribution in [0, 0.1) is 0 Å². The Balaban J connectivity index is 1.77. The van der Waals surface area contributed by atoms with Gasteiger partial charge in [0.15, 0.2) is 0 Å². The van der Waals surface area contributed by atoms with Gasteiger partial charge in [-0.3, -0.25) is 4.79 Å². The number of alkyl halides is 3. The zero-order chi connectivity index (χ0) is 18.1. The first-order chi connectivity index (χ1) is 11.9. The number of nitrogens with one attached hydrogen (secondary N) is 2. The van der Waals surface area contributed by atoms with E-state index in [-0.39, 0.29) is 12.5 Å². The highest BCUT2D eigenvalue weighted by Crippen LogP contribution is 2.31. The number of amides is 1. The van der Waals surface area contributed by atoms with Crippen LogP contribution in [0.2, 0.25) is 0 Å². The summed E-state index contributed by atoms with van der Waals surface area (Å²) in [6.45, 7) is 0.521. The Kier molecular flexibility index (Phi) is 7.18. The number of anilines is 1. The van der Waals surface area contributed by atoms with E-state index in [1.165, 1.54) is 0 Å². The molecule has 0 heterocycles. The van der Waals surface area contributed by atoms with E-state index in [9.17, 15) is 18.0 Å². The zero-order valence-corrected chi connectivity index (χ0v) is 14.3. The Hall–Kier alpha value is -2.15. The molecule has 2 N–H and O–H groups in total. The van der Waals surface area contributed by atoms with Gasteiger partial charge in [0.25, 0.3) is 0 Å². The topological polar surface area (TPSA) is 41.1 Å². The number of carbonyl (C=O) groups is 1. The molecule has 0 unspecified atom stereocenters. The van der Waals surface area contributed by atoms with Crippen molar-refractivity contribution in [1.82, 2.24) is 5.32 Å². The van der Waals surface area contributed by atoms with Crippen LogP contribution in [-0.4, -0.2) is 30.9 Å². The van der Waals surface area contributed by atoms with Crippen molar-refractivity contribution in [3.05, 3.63) is 60.2 Å². The Morgan fingerprint density at radius 2 is 1.68 bits per heavy atom. The first-order valence-corrected chi connectivity index (χ1v) is 8.76. The molecule has 0 bridgehead atoms. The van der Waals surface area contributed by atoms with E-state index in [0.29, 0.717) is 28.9 Å². The van der Waals surface area contributed by atoms with E-state index in [0.717, 1.165) is 12.0 Å². The minimum Gasteiger partial charge on any atom is -0.375 e. The predicted octanol–water partition coefficient (Wildman–Crippen LogP) is 4.11. The van der Waals surface area contributed by atoms with E-state index in [4.69, 9.17) is 0 Å². The number of hydrogen-bond acceptors (Lipinski definition) is 3. The van der Waals surface area contributed by atoms with Crippen LogP contribution < -0.4 is 10.6 Å². The van der Waals surface area contributed by atoms with Crippen LogP contribution in [0.3, 0.4) is 0 Å². The predicted molar refractivity (Wildman–Crippen MR) is 94.9 cm³/mol. The number of thioether (sulfide) groups is 1. The minimum atomic E-state index is -4.23. The highest BCUT2D eigenvalue weighted by Gasteiger charge is 2.27. The lowest BCUT2D eigenvalue weighted by molar-refractivity contribution is -0.119. The lowest BCUT2D eigenvalue weighted by Gasteiger charge is -2.13. The van der Waals surface area contributed by atoms with Gasteiger partial charge in [-0.15, -0.1) is 11.8 Å². The second kappa shape index (κ2) is 9.36. The van der Waals surface area contributed by atoms with Crippen LogP contribution in [0.1, 0.15) is 5.56 Å². The van der Waals surface area contributed by atoms with Crippen LogP contribution in [0.15, 0.2) is 59.5 Å². The zero-order valence-electron chi connectivity index (χ0n) is 13.5. The molecule has 2 rings (SSSR count). The molecule has 25 heavy (non-hydrogen) atoms. The summed E-state index contributed by atoms with van der Waals surface area (Å²) >= 11 is 0.702. The molecular formula is C18H19F3N2OS. The van der Waals surface area contributed by atoms with Crippen molar-refractivity contribution in [2.45, 2.75) is 17.5 Å². The van der Waals surface area contributed by atoms with Crippen molar-refractivity contribution in [2.24, 2.45) is 0 Å². The molecule has 0 saturated heterocycles. The minimum absolute atomic E-state index is 0.0123. The lowest BCUT2D eigenvalue weighted by atomic mass is 10.1. The van der Waals surface area contributed by atoms with Crippen LogP contribution in [0.5, 0.6) is 0 Å². The van der Waals surface area contributed by atoms with E-state index >= 15 is 0 Å². The molecular weight excluding hydrogens is 349 g/mol. The van der Waals surface area contributed by atoms with Crippen LogP contribution in [0.4, 0.5) is 18.9 Å². The molecule has 2 aromatic rings. The van der Waals surface area contributed by atoms with Crippen LogP contribution in [-0.2, 0) is 11.2 Å². The SMILES string of the molecule is O=C(CNc1ccccc1SCC(F)(F)F)NCCc1ccccc1. The van der Waals surface area contributed by atoms with Gasteiger partial charge >= 0.3 is 6.18 Å². The fourth-order valence-electron chi connectivity index (χ4n) is 2.13. The smallest absolute Gasteiger partial charge is 0.375 e. The third kappa shape index (κ3) is 7.51. The van der Waals surface area contributed by atoms with Crippen molar-refractivity contribution in [1.29, 1.82) is 0 Å². The van der Waals surface area contributed by atoms with Crippen molar-refractivity contribution in [3.63, 3.8) is 0 Å². The molecule has 0 fully saturated rings. The lowest BCUT2D eigenvalue weighted by Crippen LogP contribution is -2.31. The molecule has 7 heteroatoms. The maximum atomic E-state index is 12.4.